The summed E-state index contributed by atoms with van der Waals surface area (Å²) in [5.41, 5.74) is 2.11. The van der Waals surface area contributed by atoms with Crippen molar-refractivity contribution in [2.75, 3.05) is 31.1 Å². The first-order valence-electron chi connectivity index (χ1n) is 9.81. The van der Waals surface area contributed by atoms with E-state index in [2.05, 4.69) is 10.3 Å². The number of benzene rings is 1. The minimum atomic E-state index is -0.691. The summed E-state index contributed by atoms with van der Waals surface area (Å²) < 4.78 is 33.7. The van der Waals surface area contributed by atoms with Crippen LogP contribution in [0.1, 0.15) is 31.0 Å². The summed E-state index contributed by atoms with van der Waals surface area (Å²) in [5, 5.41) is 3.06. The third kappa shape index (κ3) is 3.71. The molecule has 4 rings (SSSR count). The maximum Gasteiger partial charge on any atom is 0.318 e. The highest BCUT2D eigenvalue weighted by Crippen LogP contribution is 2.32. The molecule has 0 bridgehead atoms. The van der Waals surface area contributed by atoms with Gasteiger partial charge < -0.3 is 19.9 Å². The van der Waals surface area contributed by atoms with Gasteiger partial charge in [0.1, 0.15) is 11.4 Å². The van der Waals surface area contributed by atoms with Crippen molar-refractivity contribution in [2.45, 2.75) is 32.4 Å². The Balaban J connectivity index is 1.42. The van der Waals surface area contributed by atoms with Crippen LogP contribution in [-0.4, -0.2) is 48.2 Å². The number of nitrogens with zero attached hydrogens (tertiary/aromatic N) is 3. The van der Waals surface area contributed by atoms with Crippen molar-refractivity contribution in [1.82, 2.24) is 15.2 Å². The maximum atomic E-state index is 14.0. The second kappa shape index (κ2) is 7.85. The molecule has 2 atom stereocenters. The van der Waals surface area contributed by atoms with E-state index in [1.165, 1.54) is 0 Å². The van der Waals surface area contributed by atoms with Crippen molar-refractivity contribution in [3.8, 4) is 5.75 Å². The summed E-state index contributed by atoms with van der Waals surface area (Å²) in [6.45, 7) is 5.55. The van der Waals surface area contributed by atoms with E-state index in [1.54, 1.807) is 9.80 Å². The van der Waals surface area contributed by atoms with E-state index < -0.39 is 11.6 Å². The van der Waals surface area contributed by atoms with Crippen molar-refractivity contribution in [3.05, 3.63) is 53.4 Å². The molecular weight excluding hydrogens is 378 g/mol. The highest BCUT2D eigenvalue weighted by molar-refractivity contribution is 5.75. The van der Waals surface area contributed by atoms with E-state index in [1.807, 2.05) is 32.0 Å². The van der Waals surface area contributed by atoms with Crippen molar-refractivity contribution in [1.29, 1.82) is 0 Å². The number of amides is 2. The van der Waals surface area contributed by atoms with E-state index in [0.29, 0.717) is 26.2 Å². The molecule has 154 valence electrons. The minimum absolute atomic E-state index is 0.0832. The smallest absolute Gasteiger partial charge is 0.318 e. The Hall–Kier alpha value is -2.90. The molecule has 8 heteroatoms. The number of hydrogen-bond donors (Lipinski definition) is 1. The Kier molecular flexibility index (Phi) is 5.25. The van der Waals surface area contributed by atoms with E-state index in [4.69, 9.17) is 4.74 Å². The molecule has 2 aliphatic rings. The summed E-state index contributed by atoms with van der Waals surface area (Å²) in [6, 6.07) is 5.33. The van der Waals surface area contributed by atoms with Crippen LogP contribution in [0.3, 0.4) is 0 Å². The Morgan fingerprint density at radius 1 is 1.28 bits per heavy atom. The molecule has 6 nitrogen and oxygen atoms in total. The van der Waals surface area contributed by atoms with Crippen LogP contribution in [0.5, 0.6) is 5.75 Å². The lowest BCUT2D eigenvalue weighted by Crippen LogP contribution is -2.57. The van der Waals surface area contributed by atoms with E-state index >= 15 is 0 Å². The standard InChI is InChI=1S/C21H24F2N4O2/c1-13-12-26(20-17(22)10-24-11-18(20)23)7-8-27(13)21(28)25-14(2)15-4-3-5-19-16(15)6-9-29-19/h3-5,10-11,13-14H,6-9,12H2,1-2H3,(H,25,28)/t13-,14-/m1/s1. The second-order valence-corrected chi connectivity index (χ2v) is 7.53. The third-order valence-electron chi connectivity index (χ3n) is 5.62. The molecule has 0 unspecified atom stereocenters. The number of hydrogen-bond acceptors (Lipinski definition) is 4. The summed E-state index contributed by atoms with van der Waals surface area (Å²) >= 11 is 0. The molecule has 0 aliphatic carbocycles. The Bertz CT molecular complexity index is 903. The zero-order chi connectivity index (χ0) is 20.5. The summed E-state index contributed by atoms with van der Waals surface area (Å²) in [4.78, 5) is 19.7. The van der Waals surface area contributed by atoms with Crippen molar-refractivity contribution < 1.29 is 18.3 Å². The molecular formula is C21H24F2N4O2. The summed E-state index contributed by atoms with van der Waals surface area (Å²) in [7, 11) is 0. The van der Waals surface area contributed by atoms with E-state index in [-0.39, 0.29) is 23.8 Å². The number of rotatable bonds is 3. The molecule has 0 spiro atoms. The van der Waals surface area contributed by atoms with Crippen molar-refractivity contribution in [3.63, 3.8) is 0 Å². The molecule has 1 saturated heterocycles. The van der Waals surface area contributed by atoms with Crippen LogP contribution in [0.4, 0.5) is 19.3 Å². The molecule has 1 aromatic carbocycles. The number of fused-ring (bicyclic) bond motifs is 1. The zero-order valence-electron chi connectivity index (χ0n) is 16.5. The van der Waals surface area contributed by atoms with Gasteiger partial charge in [-0.3, -0.25) is 4.98 Å². The van der Waals surface area contributed by atoms with Crippen LogP contribution in [-0.2, 0) is 6.42 Å². The fraction of sp³-hybridized carbons (Fsp3) is 0.429. The van der Waals surface area contributed by atoms with E-state index in [9.17, 15) is 13.6 Å². The number of piperazine rings is 1. The number of ether oxygens (including phenoxy) is 1. The number of carbonyl (C=O) groups is 1. The average molecular weight is 402 g/mol. The maximum absolute atomic E-state index is 14.0. The third-order valence-corrected chi connectivity index (χ3v) is 5.62. The van der Waals surface area contributed by atoms with Gasteiger partial charge in [0, 0.05) is 37.7 Å². The van der Waals surface area contributed by atoms with Gasteiger partial charge in [-0.1, -0.05) is 12.1 Å². The molecule has 0 radical (unpaired) electrons. The number of halogens is 2. The largest absolute Gasteiger partial charge is 0.493 e. The Labute approximate surface area is 168 Å². The Morgan fingerprint density at radius 2 is 2.03 bits per heavy atom. The van der Waals surface area contributed by atoms with Crippen LogP contribution >= 0.6 is 0 Å². The minimum Gasteiger partial charge on any atom is -0.493 e. The fourth-order valence-corrected chi connectivity index (χ4v) is 4.17. The van der Waals surface area contributed by atoms with Crippen LogP contribution < -0.4 is 15.0 Å². The summed E-state index contributed by atoms with van der Waals surface area (Å²) in [6.07, 6.45) is 2.85. The SMILES string of the molecule is C[C@@H]1CN(c2c(F)cncc2F)CCN1C(=O)N[C@H](C)c1cccc2c1CCO2. The molecule has 2 aromatic rings. The van der Waals surface area contributed by atoms with Crippen LogP contribution in [0.2, 0.25) is 0 Å². The molecule has 0 saturated carbocycles. The summed E-state index contributed by atoms with van der Waals surface area (Å²) in [5.74, 6) is -0.500. The van der Waals surface area contributed by atoms with Gasteiger partial charge >= 0.3 is 6.03 Å². The second-order valence-electron chi connectivity index (χ2n) is 7.53. The molecule has 1 fully saturated rings. The molecule has 1 aromatic heterocycles. The Morgan fingerprint density at radius 3 is 2.76 bits per heavy atom. The number of carbonyl (C=O) groups excluding carboxylic acids is 1. The van der Waals surface area contributed by atoms with Gasteiger partial charge in [-0.25, -0.2) is 13.6 Å². The van der Waals surface area contributed by atoms with Gasteiger partial charge in [0.2, 0.25) is 0 Å². The van der Waals surface area contributed by atoms with Gasteiger partial charge in [0.15, 0.2) is 11.6 Å². The van der Waals surface area contributed by atoms with Gasteiger partial charge in [-0.2, -0.15) is 0 Å². The van der Waals surface area contributed by atoms with Gasteiger partial charge in [0.25, 0.3) is 0 Å². The predicted octanol–water partition coefficient (Wildman–Crippen LogP) is 3.28. The monoisotopic (exact) mass is 402 g/mol. The first-order chi connectivity index (χ1) is 14.0. The van der Waals surface area contributed by atoms with Crippen molar-refractivity contribution in [2.24, 2.45) is 0 Å². The quantitative estimate of drug-likeness (QED) is 0.856. The topological polar surface area (TPSA) is 57.7 Å². The number of pyridine rings is 1. The molecule has 2 amide bonds. The highest BCUT2D eigenvalue weighted by atomic mass is 19.1. The number of anilines is 1. The fourth-order valence-electron chi connectivity index (χ4n) is 4.17. The highest BCUT2D eigenvalue weighted by Gasteiger charge is 2.31. The lowest BCUT2D eigenvalue weighted by Gasteiger charge is -2.41. The number of nitrogens with one attached hydrogen (secondary N) is 1. The van der Waals surface area contributed by atoms with Gasteiger partial charge in [-0.05, 0) is 25.5 Å². The first-order valence-corrected chi connectivity index (χ1v) is 9.81. The van der Waals surface area contributed by atoms with Crippen LogP contribution in [0.25, 0.3) is 0 Å². The van der Waals surface area contributed by atoms with Gasteiger partial charge in [0.05, 0.1) is 25.0 Å². The first kappa shape index (κ1) is 19.4. The lowest BCUT2D eigenvalue weighted by atomic mass is 9.99. The van der Waals surface area contributed by atoms with Crippen LogP contribution in [0, 0.1) is 11.6 Å². The predicted molar refractivity (Wildman–Crippen MR) is 105 cm³/mol. The van der Waals surface area contributed by atoms with E-state index in [0.717, 1.165) is 35.7 Å². The number of aromatic nitrogens is 1. The molecule has 29 heavy (non-hydrogen) atoms. The zero-order valence-corrected chi connectivity index (χ0v) is 16.5. The lowest BCUT2D eigenvalue weighted by molar-refractivity contribution is 0.168. The van der Waals surface area contributed by atoms with Crippen molar-refractivity contribution >= 4 is 11.7 Å². The van der Waals surface area contributed by atoms with Crippen LogP contribution in [0.15, 0.2) is 30.6 Å². The molecule has 2 aliphatic heterocycles. The average Bonchev–Trinajstić information content (AvgIpc) is 3.16. The van der Waals surface area contributed by atoms with Gasteiger partial charge in [-0.15, -0.1) is 0 Å². The molecule has 3 heterocycles. The normalized spacial score (nSPS) is 19.5. The molecule has 1 N–H and O–H groups in total. The number of urea groups is 1.